The number of benzene rings is 9. The van der Waals surface area contributed by atoms with Crippen molar-refractivity contribution in [2.75, 3.05) is 0 Å². The van der Waals surface area contributed by atoms with Gasteiger partial charge >= 0.3 is 0 Å². The van der Waals surface area contributed by atoms with Gasteiger partial charge in [0.05, 0.1) is 0 Å². The molecule has 0 fully saturated rings. The van der Waals surface area contributed by atoms with Crippen LogP contribution in [0.3, 0.4) is 0 Å². The lowest BCUT2D eigenvalue weighted by atomic mass is 9.80. The summed E-state index contributed by atoms with van der Waals surface area (Å²) >= 11 is 0. The summed E-state index contributed by atoms with van der Waals surface area (Å²) in [7, 11) is 0. The van der Waals surface area contributed by atoms with Gasteiger partial charge in [0.1, 0.15) is 11.2 Å². The minimum atomic E-state index is -0.185. The van der Waals surface area contributed by atoms with Gasteiger partial charge in [-0.2, -0.15) is 0 Å². The van der Waals surface area contributed by atoms with Crippen molar-refractivity contribution in [2.45, 2.75) is 26.2 Å². The van der Waals surface area contributed by atoms with Gasteiger partial charge in [-0.25, -0.2) is 9.98 Å². The van der Waals surface area contributed by atoms with Gasteiger partial charge in [-0.1, -0.05) is 178 Å². The molecule has 1 aromatic heterocycles. The highest BCUT2D eigenvalue weighted by atomic mass is 16.3. The number of nitrogens with one attached hydrogen (secondary N) is 1. The zero-order valence-electron chi connectivity index (χ0n) is 36.6. The molecular formula is C61H45N3O. The van der Waals surface area contributed by atoms with E-state index < -0.39 is 0 Å². The molecule has 0 radical (unpaired) electrons. The Labute approximate surface area is 378 Å². The van der Waals surface area contributed by atoms with Gasteiger partial charge < -0.3 is 4.42 Å². The first-order valence-electron chi connectivity index (χ1n) is 22.1. The van der Waals surface area contributed by atoms with Crippen LogP contribution in [0.5, 0.6) is 0 Å². The number of rotatable bonds is 7. The maximum absolute atomic E-state index is 8.73. The fourth-order valence-corrected chi connectivity index (χ4v) is 9.86. The maximum atomic E-state index is 8.73. The summed E-state index contributed by atoms with van der Waals surface area (Å²) in [6.07, 6.45) is 8.21. The summed E-state index contributed by atoms with van der Waals surface area (Å²) in [5.74, 6) is 0.615. The second-order valence-corrected chi connectivity index (χ2v) is 17.3. The molecule has 1 aliphatic carbocycles. The van der Waals surface area contributed by atoms with Gasteiger partial charge in [0.2, 0.25) is 0 Å². The minimum absolute atomic E-state index is 0.152. The topological polar surface area (TPSA) is 61.7 Å². The summed E-state index contributed by atoms with van der Waals surface area (Å²) in [6, 6.07) is 61.3. The van der Waals surface area contributed by atoms with Crippen molar-refractivity contribution in [1.82, 2.24) is 0 Å². The molecule has 4 heteroatoms. The summed E-state index contributed by atoms with van der Waals surface area (Å²) in [5.41, 5.74) is 16.2. The van der Waals surface area contributed by atoms with E-state index in [1.807, 2.05) is 91.2 Å². The van der Waals surface area contributed by atoms with Crippen molar-refractivity contribution in [3.8, 4) is 33.4 Å². The maximum Gasteiger partial charge on any atom is 0.161 e. The third-order valence-electron chi connectivity index (χ3n) is 13.1. The number of hydrogen-bond donors (Lipinski definition) is 1. The Morgan fingerprint density at radius 3 is 1.92 bits per heavy atom. The van der Waals surface area contributed by atoms with Crippen LogP contribution in [0.25, 0.3) is 89.0 Å². The predicted molar refractivity (Wildman–Crippen MR) is 276 cm³/mol. The summed E-state index contributed by atoms with van der Waals surface area (Å²) in [5, 5.41) is 15.8. The quantitative estimate of drug-likeness (QED) is 0.0970. The smallest absolute Gasteiger partial charge is 0.161 e. The normalized spacial score (nSPS) is 13.4. The van der Waals surface area contributed by atoms with E-state index in [9.17, 15) is 0 Å². The van der Waals surface area contributed by atoms with Gasteiger partial charge in [0, 0.05) is 39.1 Å². The lowest BCUT2D eigenvalue weighted by Crippen LogP contribution is -2.15. The van der Waals surface area contributed by atoms with Crippen LogP contribution in [0.15, 0.2) is 203 Å². The molecule has 65 heavy (non-hydrogen) atoms. The number of allylic oxidation sites excluding steroid dienone is 1. The highest BCUT2D eigenvalue weighted by Gasteiger charge is 2.36. The molecule has 0 aliphatic heterocycles. The summed E-state index contributed by atoms with van der Waals surface area (Å²) in [4.78, 5) is 9.59. The van der Waals surface area contributed by atoms with E-state index in [0.717, 1.165) is 49.8 Å². The van der Waals surface area contributed by atoms with Crippen molar-refractivity contribution in [3.05, 3.63) is 228 Å². The SMILES string of the molecule is C=Cc1c(/C=C\C)c2cc3c(cc2c2ccccc12)-c1ccc(-c2ccc(-c4ccc5oc6cccc(C=NC(=NC(=N)c7ccccc7)c7ccccc7)c6c5c4)cc2)cc1C3(C)C. The highest BCUT2D eigenvalue weighted by Crippen LogP contribution is 2.52. The molecule has 0 amide bonds. The monoisotopic (exact) mass is 835 g/mol. The van der Waals surface area contributed by atoms with E-state index in [4.69, 9.17) is 14.8 Å². The van der Waals surface area contributed by atoms with E-state index in [0.29, 0.717) is 5.84 Å². The third-order valence-corrected chi connectivity index (χ3v) is 13.1. The standard InChI is InChI=1S/C61H45N3O/c1-5-16-46-45(6-2)47-22-13-14-23-48(47)50-35-52-49-31-29-43(34-54(49)61(3,4)55(52)36-51(46)50)39-27-25-38(26-28-39)42-30-32-56-53(33-42)58-44(21-15-24-57(58)65-56)37-63-60(41-19-11-8-12-20-41)64-59(62)40-17-9-7-10-18-40/h5-37,62H,2H2,1,3-4H3/b16-5-,62-59?,63-37?,64-60?. The van der Waals surface area contributed by atoms with E-state index in [2.05, 4.69) is 142 Å². The van der Waals surface area contributed by atoms with Crippen molar-refractivity contribution in [1.29, 1.82) is 5.41 Å². The van der Waals surface area contributed by atoms with Crippen molar-refractivity contribution < 1.29 is 4.42 Å². The van der Waals surface area contributed by atoms with E-state index in [1.54, 1.807) is 0 Å². The number of fused-ring (bicyclic) bond motifs is 9. The molecule has 9 aromatic carbocycles. The Morgan fingerprint density at radius 1 is 0.554 bits per heavy atom. The summed E-state index contributed by atoms with van der Waals surface area (Å²) < 4.78 is 6.39. The third kappa shape index (κ3) is 6.74. The molecule has 0 saturated heterocycles. The van der Waals surface area contributed by atoms with Crippen LogP contribution >= 0.6 is 0 Å². The van der Waals surface area contributed by atoms with E-state index >= 15 is 0 Å². The first-order chi connectivity index (χ1) is 31.8. The Bertz CT molecular complexity index is 3640. The largest absolute Gasteiger partial charge is 0.456 e. The predicted octanol–water partition coefficient (Wildman–Crippen LogP) is 16.1. The zero-order valence-corrected chi connectivity index (χ0v) is 36.6. The van der Waals surface area contributed by atoms with Crippen LogP contribution in [-0.4, -0.2) is 17.9 Å². The lowest BCUT2D eigenvalue weighted by Gasteiger charge is -2.23. The van der Waals surface area contributed by atoms with Crippen LogP contribution in [0, 0.1) is 5.41 Å². The molecule has 1 aliphatic rings. The zero-order chi connectivity index (χ0) is 44.2. The molecule has 310 valence electrons. The Hall–Kier alpha value is -8.21. The van der Waals surface area contributed by atoms with Crippen LogP contribution < -0.4 is 0 Å². The fourth-order valence-electron chi connectivity index (χ4n) is 9.86. The second-order valence-electron chi connectivity index (χ2n) is 17.3. The molecule has 0 unspecified atom stereocenters. The summed E-state index contributed by atoms with van der Waals surface area (Å²) in [6.45, 7) is 11.0. The molecule has 1 N–H and O–H groups in total. The van der Waals surface area contributed by atoms with Gasteiger partial charge in [-0.05, 0) is 121 Å². The van der Waals surface area contributed by atoms with Crippen molar-refractivity contribution >= 4 is 73.5 Å². The van der Waals surface area contributed by atoms with Gasteiger partial charge in [-0.15, -0.1) is 0 Å². The Morgan fingerprint density at radius 2 is 1.20 bits per heavy atom. The van der Waals surface area contributed by atoms with Crippen molar-refractivity contribution in [3.63, 3.8) is 0 Å². The fraction of sp³-hybridized carbons (Fsp3) is 0.0656. The first kappa shape index (κ1) is 39.6. The number of hydrogen-bond acceptors (Lipinski definition) is 2. The van der Waals surface area contributed by atoms with Gasteiger partial charge in [0.25, 0.3) is 0 Å². The van der Waals surface area contributed by atoms with E-state index in [-0.39, 0.29) is 11.3 Å². The Kier molecular flexibility index (Phi) is 9.66. The lowest BCUT2D eigenvalue weighted by molar-refractivity contribution is 0.661. The molecule has 0 atom stereocenters. The van der Waals surface area contributed by atoms with Gasteiger partial charge in [-0.3, -0.25) is 5.41 Å². The average molecular weight is 836 g/mol. The molecule has 4 nitrogen and oxygen atoms in total. The Balaban J connectivity index is 0.930. The van der Waals surface area contributed by atoms with Gasteiger partial charge in [0.15, 0.2) is 11.7 Å². The van der Waals surface area contributed by atoms with Crippen molar-refractivity contribution in [2.24, 2.45) is 9.98 Å². The second kappa shape index (κ2) is 15.9. The molecule has 1 heterocycles. The first-order valence-corrected chi connectivity index (χ1v) is 22.1. The highest BCUT2D eigenvalue weighted by molar-refractivity contribution is 6.19. The van der Waals surface area contributed by atoms with E-state index in [1.165, 1.54) is 66.1 Å². The molecule has 0 bridgehead atoms. The molecular weight excluding hydrogens is 791 g/mol. The molecule has 10 aromatic rings. The number of amidine groups is 2. The molecule has 11 rings (SSSR count). The average Bonchev–Trinajstić information content (AvgIpc) is 3.84. The molecule has 0 saturated carbocycles. The minimum Gasteiger partial charge on any atom is -0.456 e. The number of aliphatic imine (C=N–C) groups is 2. The van der Waals surface area contributed by atoms with Crippen LogP contribution in [-0.2, 0) is 5.41 Å². The van der Waals surface area contributed by atoms with Crippen LogP contribution in [0.1, 0.15) is 59.7 Å². The number of nitrogens with zero attached hydrogens (tertiary/aromatic N) is 2. The number of furan rings is 1. The molecule has 0 spiro atoms. The van der Waals surface area contributed by atoms with Crippen LogP contribution in [0.4, 0.5) is 0 Å². The van der Waals surface area contributed by atoms with Crippen LogP contribution in [0.2, 0.25) is 0 Å².